The minimum absolute atomic E-state index is 0.364. The highest BCUT2D eigenvalue weighted by Gasteiger charge is 2.10. The van der Waals surface area contributed by atoms with E-state index >= 15 is 0 Å². The zero-order chi connectivity index (χ0) is 12.4. The second kappa shape index (κ2) is 9.97. The molecule has 0 atom stereocenters. The molecule has 0 bridgehead atoms. The lowest BCUT2D eigenvalue weighted by atomic mass is 10.2. The van der Waals surface area contributed by atoms with Crippen molar-refractivity contribution in [2.45, 2.75) is 52.4 Å². The van der Waals surface area contributed by atoms with Crippen molar-refractivity contribution < 1.29 is 0 Å². The van der Waals surface area contributed by atoms with Crippen LogP contribution in [0.4, 0.5) is 0 Å². The lowest BCUT2D eigenvalue weighted by Crippen LogP contribution is -2.39. The van der Waals surface area contributed by atoms with Crippen molar-refractivity contribution in [2.24, 2.45) is 5.73 Å². The van der Waals surface area contributed by atoms with Gasteiger partial charge in [0.1, 0.15) is 9.98 Å². The minimum atomic E-state index is 0.364. The molecule has 94 valence electrons. The lowest BCUT2D eigenvalue weighted by Gasteiger charge is -2.24. The number of nitrogens with two attached hydrogens (primary N) is 1. The molecule has 0 radical (unpaired) electrons. The second-order valence-electron chi connectivity index (χ2n) is 4.07. The van der Waals surface area contributed by atoms with E-state index in [9.17, 15) is 0 Å². The summed E-state index contributed by atoms with van der Waals surface area (Å²) in [5, 5.41) is 0. The topological polar surface area (TPSA) is 29.3 Å². The Kier molecular flexibility index (Phi) is 9.83. The maximum Gasteiger partial charge on any atom is 0.136 e. The Hall–Kier alpha value is -0.220. The van der Waals surface area contributed by atoms with Crippen molar-refractivity contribution >= 4 is 34.4 Å². The largest absolute Gasteiger partial charge is 0.388 e. The van der Waals surface area contributed by atoms with Crippen LogP contribution in [-0.2, 0) is 0 Å². The third-order valence-electron chi connectivity index (χ3n) is 2.56. The summed E-state index contributed by atoms with van der Waals surface area (Å²) in [7, 11) is 0. The lowest BCUT2D eigenvalue weighted by molar-refractivity contribution is 0.400. The van der Waals surface area contributed by atoms with Gasteiger partial charge >= 0.3 is 0 Å². The predicted molar refractivity (Wildman–Crippen MR) is 80.0 cm³/mol. The molecular formula is C12H24N2S2. The second-order valence-corrected chi connectivity index (χ2v) is 4.90. The normalized spacial score (nSPS) is 10.1. The van der Waals surface area contributed by atoms with E-state index in [0.717, 1.165) is 13.1 Å². The Morgan fingerprint density at radius 2 is 1.38 bits per heavy atom. The molecule has 0 aliphatic carbocycles. The van der Waals surface area contributed by atoms with Crippen LogP contribution >= 0.6 is 24.4 Å². The van der Waals surface area contributed by atoms with Gasteiger partial charge in [-0.15, -0.1) is 0 Å². The summed E-state index contributed by atoms with van der Waals surface area (Å²) in [6, 6.07) is 0. The number of unbranched alkanes of at least 4 members (excludes halogenated alkanes) is 4. The van der Waals surface area contributed by atoms with Gasteiger partial charge in [0, 0.05) is 13.1 Å². The molecule has 0 saturated heterocycles. The molecule has 16 heavy (non-hydrogen) atoms. The van der Waals surface area contributed by atoms with Crippen molar-refractivity contribution in [3.05, 3.63) is 0 Å². The zero-order valence-corrected chi connectivity index (χ0v) is 12.1. The van der Waals surface area contributed by atoms with Crippen LogP contribution < -0.4 is 5.73 Å². The zero-order valence-electron chi connectivity index (χ0n) is 10.5. The maximum absolute atomic E-state index is 5.59. The fraction of sp³-hybridized carbons (Fsp3) is 0.833. The summed E-state index contributed by atoms with van der Waals surface area (Å²) in [5.41, 5.74) is 5.59. The van der Waals surface area contributed by atoms with Gasteiger partial charge in [-0.2, -0.15) is 0 Å². The molecular weight excluding hydrogens is 236 g/mol. The summed E-state index contributed by atoms with van der Waals surface area (Å²) >= 11 is 10.2. The van der Waals surface area contributed by atoms with Crippen LogP contribution in [0.5, 0.6) is 0 Å². The minimum Gasteiger partial charge on any atom is -0.388 e. The number of thiocarbonyl (C=S) groups is 2. The Morgan fingerprint density at radius 3 is 1.69 bits per heavy atom. The van der Waals surface area contributed by atoms with Crippen molar-refractivity contribution in [2.75, 3.05) is 13.1 Å². The van der Waals surface area contributed by atoms with Crippen molar-refractivity contribution in [1.82, 2.24) is 4.90 Å². The summed E-state index contributed by atoms with van der Waals surface area (Å²) in [5.74, 6) is 0. The third kappa shape index (κ3) is 7.12. The van der Waals surface area contributed by atoms with E-state index in [2.05, 4.69) is 18.7 Å². The van der Waals surface area contributed by atoms with Crippen molar-refractivity contribution in [3.63, 3.8) is 0 Å². The molecule has 0 amide bonds. The molecule has 2 N–H and O–H groups in total. The number of hydrogen-bond acceptors (Lipinski definition) is 2. The number of hydrogen-bond donors (Lipinski definition) is 1. The van der Waals surface area contributed by atoms with Crippen LogP contribution in [0.2, 0.25) is 0 Å². The molecule has 0 saturated carbocycles. The van der Waals surface area contributed by atoms with Gasteiger partial charge in [0.15, 0.2) is 0 Å². The van der Waals surface area contributed by atoms with E-state index in [4.69, 9.17) is 30.2 Å². The first-order chi connectivity index (χ1) is 7.63. The number of nitrogens with zero attached hydrogens (tertiary/aromatic N) is 1. The molecule has 0 aliphatic rings. The smallest absolute Gasteiger partial charge is 0.136 e. The predicted octanol–water partition coefficient (Wildman–Crippen LogP) is 3.28. The van der Waals surface area contributed by atoms with Gasteiger partial charge in [-0.1, -0.05) is 64.0 Å². The van der Waals surface area contributed by atoms with E-state index in [1.165, 1.54) is 38.5 Å². The van der Waals surface area contributed by atoms with Gasteiger partial charge in [0.25, 0.3) is 0 Å². The number of rotatable bonds is 8. The fourth-order valence-electron chi connectivity index (χ4n) is 1.58. The van der Waals surface area contributed by atoms with Gasteiger partial charge in [-0.05, 0) is 12.8 Å². The van der Waals surface area contributed by atoms with Crippen LogP contribution in [0.1, 0.15) is 52.4 Å². The molecule has 0 aromatic carbocycles. The van der Waals surface area contributed by atoms with Crippen molar-refractivity contribution in [1.29, 1.82) is 0 Å². The summed E-state index contributed by atoms with van der Waals surface area (Å²) in [4.78, 5) is 3.20. The van der Waals surface area contributed by atoms with Crippen LogP contribution in [0, 0.1) is 0 Å². The molecule has 0 fully saturated rings. The molecule has 0 aromatic rings. The van der Waals surface area contributed by atoms with E-state index in [-0.39, 0.29) is 0 Å². The average molecular weight is 260 g/mol. The quantitative estimate of drug-likeness (QED) is 0.536. The summed E-state index contributed by atoms with van der Waals surface area (Å²) in [6.45, 7) is 6.39. The van der Waals surface area contributed by atoms with E-state index < -0.39 is 0 Å². The first kappa shape index (κ1) is 15.8. The van der Waals surface area contributed by atoms with Crippen LogP contribution in [0.15, 0.2) is 0 Å². The standard InChI is InChI=1S/C12H24N2S2/c1-3-5-7-9-14(10-8-6-4-2)12(16)11(13)15/h3-10H2,1-2H3,(H2,13,15). The molecule has 0 aromatic heterocycles. The maximum atomic E-state index is 5.59. The Labute approximate surface area is 111 Å². The van der Waals surface area contributed by atoms with E-state index in [0.29, 0.717) is 9.98 Å². The van der Waals surface area contributed by atoms with E-state index in [1.54, 1.807) is 0 Å². The van der Waals surface area contributed by atoms with E-state index in [1.807, 2.05) is 0 Å². The Balaban J connectivity index is 4.05. The molecule has 0 rings (SSSR count). The molecule has 0 heterocycles. The molecule has 0 unspecified atom stereocenters. The summed E-state index contributed by atoms with van der Waals surface area (Å²) < 4.78 is 0. The average Bonchev–Trinajstić information content (AvgIpc) is 2.26. The Morgan fingerprint density at radius 1 is 0.938 bits per heavy atom. The first-order valence-corrected chi connectivity index (χ1v) is 7.03. The Bertz CT molecular complexity index is 207. The van der Waals surface area contributed by atoms with Crippen LogP contribution in [0.25, 0.3) is 0 Å². The highest BCUT2D eigenvalue weighted by molar-refractivity contribution is 7.89. The van der Waals surface area contributed by atoms with Gasteiger partial charge < -0.3 is 10.6 Å². The fourth-order valence-corrected chi connectivity index (χ4v) is 1.89. The monoisotopic (exact) mass is 260 g/mol. The molecule has 2 nitrogen and oxygen atoms in total. The highest BCUT2D eigenvalue weighted by atomic mass is 32.1. The van der Waals surface area contributed by atoms with Gasteiger partial charge in [-0.25, -0.2) is 0 Å². The van der Waals surface area contributed by atoms with Gasteiger partial charge in [0.05, 0.1) is 0 Å². The summed E-state index contributed by atoms with van der Waals surface area (Å²) in [6.07, 6.45) is 7.27. The highest BCUT2D eigenvalue weighted by Crippen LogP contribution is 2.04. The molecule has 4 heteroatoms. The molecule has 0 spiro atoms. The third-order valence-corrected chi connectivity index (χ3v) is 3.36. The SMILES string of the molecule is CCCCCN(CCCCC)C(=S)C(N)=S. The van der Waals surface area contributed by atoms with Crippen LogP contribution in [0.3, 0.4) is 0 Å². The van der Waals surface area contributed by atoms with Crippen LogP contribution in [-0.4, -0.2) is 28.0 Å². The van der Waals surface area contributed by atoms with Gasteiger partial charge in [-0.3, -0.25) is 0 Å². The molecule has 0 aliphatic heterocycles. The first-order valence-electron chi connectivity index (χ1n) is 6.22. The van der Waals surface area contributed by atoms with Gasteiger partial charge in [0.2, 0.25) is 0 Å². The van der Waals surface area contributed by atoms with Crippen molar-refractivity contribution in [3.8, 4) is 0 Å².